The van der Waals surface area contributed by atoms with Gasteiger partial charge >= 0.3 is 5.63 Å². The summed E-state index contributed by atoms with van der Waals surface area (Å²) in [5.74, 6) is 0.151. The van der Waals surface area contributed by atoms with Gasteiger partial charge in [0.15, 0.2) is 0 Å². The Kier molecular flexibility index (Phi) is 5.78. The fourth-order valence-electron chi connectivity index (χ4n) is 3.21. The first-order valence-corrected chi connectivity index (χ1v) is 9.01. The third kappa shape index (κ3) is 4.06. The van der Waals surface area contributed by atoms with Crippen molar-refractivity contribution in [3.8, 4) is 5.75 Å². The number of rotatable bonds is 6. The molecular formula is C22H22FNO4. The molecule has 3 aromatic rings. The molecule has 0 fully saturated rings. The number of nitrogens with one attached hydrogen (secondary N) is 1. The molecule has 3 rings (SSSR count). The minimum absolute atomic E-state index is 0.160. The molecule has 2 aromatic carbocycles. The van der Waals surface area contributed by atoms with Crippen molar-refractivity contribution in [3.63, 3.8) is 0 Å². The molecule has 5 nitrogen and oxygen atoms in total. The van der Waals surface area contributed by atoms with Crippen molar-refractivity contribution in [1.82, 2.24) is 5.32 Å². The molecule has 0 saturated carbocycles. The Labute approximate surface area is 162 Å². The van der Waals surface area contributed by atoms with Gasteiger partial charge in [-0.2, -0.15) is 0 Å². The first kappa shape index (κ1) is 19.6. The van der Waals surface area contributed by atoms with Crippen molar-refractivity contribution < 1.29 is 18.3 Å². The number of benzene rings is 2. The fourth-order valence-corrected chi connectivity index (χ4v) is 3.21. The Bertz CT molecular complexity index is 1070. The van der Waals surface area contributed by atoms with E-state index in [1.807, 2.05) is 26.0 Å². The highest BCUT2D eigenvalue weighted by Gasteiger charge is 2.16. The van der Waals surface area contributed by atoms with Crippen LogP contribution in [0.5, 0.6) is 5.75 Å². The number of carbonyl (C=O) groups excluding carboxylic acids is 1. The molecule has 0 atom stereocenters. The molecule has 0 unspecified atom stereocenters. The molecule has 0 aliphatic heterocycles. The molecule has 0 spiro atoms. The van der Waals surface area contributed by atoms with E-state index in [0.717, 1.165) is 22.1 Å². The van der Waals surface area contributed by atoms with Crippen LogP contribution in [0.15, 0.2) is 45.6 Å². The van der Waals surface area contributed by atoms with E-state index in [4.69, 9.17) is 9.15 Å². The molecular weight excluding hydrogens is 361 g/mol. The number of aryl methyl sites for hydroxylation is 2. The summed E-state index contributed by atoms with van der Waals surface area (Å²) in [6.45, 7) is 4.01. The maximum absolute atomic E-state index is 12.9. The number of methoxy groups -OCH3 is 1. The van der Waals surface area contributed by atoms with Gasteiger partial charge in [0, 0.05) is 29.5 Å². The summed E-state index contributed by atoms with van der Waals surface area (Å²) in [5.41, 5.74) is 2.95. The van der Waals surface area contributed by atoms with Crippen LogP contribution in [0.25, 0.3) is 11.0 Å². The molecule has 0 aliphatic rings. The van der Waals surface area contributed by atoms with Crippen molar-refractivity contribution in [1.29, 1.82) is 0 Å². The number of hydrogen-bond donors (Lipinski definition) is 1. The van der Waals surface area contributed by atoms with Gasteiger partial charge in [0.2, 0.25) is 5.91 Å². The summed E-state index contributed by atoms with van der Waals surface area (Å²) >= 11 is 0. The van der Waals surface area contributed by atoms with Crippen LogP contribution in [0.4, 0.5) is 4.39 Å². The van der Waals surface area contributed by atoms with E-state index in [1.54, 1.807) is 19.2 Å². The third-order valence-corrected chi connectivity index (χ3v) is 4.88. The lowest BCUT2D eigenvalue weighted by molar-refractivity contribution is -0.121. The predicted octanol–water partition coefficient (Wildman–Crippen LogP) is 3.81. The quantitative estimate of drug-likeness (QED) is 0.658. The minimum Gasteiger partial charge on any atom is -0.496 e. The summed E-state index contributed by atoms with van der Waals surface area (Å²) in [7, 11) is 1.57. The molecule has 1 N–H and O–H groups in total. The van der Waals surface area contributed by atoms with E-state index in [0.29, 0.717) is 23.4 Å². The maximum atomic E-state index is 12.9. The molecule has 146 valence electrons. The summed E-state index contributed by atoms with van der Waals surface area (Å²) in [6, 6.07) is 9.63. The summed E-state index contributed by atoms with van der Waals surface area (Å²) in [5, 5.41) is 3.61. The fraction of sp³-hybridized carbons (Fsp3) is 0.273. The Morgan fingerprint density at radius 2 is 1.82 bits per heavy atom. The van der Waals surface area contributed by atoms with Crippen LogP contribution >= 0.6 is 0 Å². The van der Waals surface area contributed by atoms with E-state index in [1.165, 1.54) is 12.1 Å². The molecule has 28 heavy (non-hydrogen) atoms. The third-order valence-electron chi connectivity index (χ3n) is 4.88. The van der Waals surface area contributed by atoms with Gasteiger partial charge in [0.05, 0.1) is 7.11 Å². The van der Waals surface area contributed by atoms with Crippen LogP contribution in [0.3, 0.4) is 0 Å². The monoisotopic (exact) mass is 383 g/mol. The van der Waals surface area contributed by atoms with Gasteiger partial charge in [-0.15, -0.1) is 0 Å². The molecule has 0 radical (unpaired) electrons. The van der Waals surface area contributed by atoms with Crippen molar-refractivity contribution in [2.45, 2.75) is 33.2 Å². The van der Waals surface area contributed by atoms with Crippen LogP contribution in [0.1, 0.15) is 28.7 Å². The number of amides is 1. The second kappa shape index (κ2) is 8.25. The normalized spacial score (nSPS) is 10.9. The van der Waals surface area contributed by atoms with Gasteiger partial charge < -0.3 is 14.5 Å². The first-order chi connectivity index (χ1) is 13.4. The molecule has 6 heteroatoms. The second-order valence-electron chi connectivity index (χ2n) is 6.67. The summed E-state index contributed by atoms with van der Waals surface area (Å²) in [4.78, 5) is 24.6. The van der Waals surface area contributed by atoms with Crippen molar-refractivity contribution >= 4 is 16.9 Å². The largest absolute Gasteiger partial charge is 0.496 e. The van der Waals surface area contributed by atoms with Crippen LogP contribution in [0, 0.1) is 19.7 Å². The van der Waals surface area contributed by atoms with E-state index < -0.39 is 5.63 Å². The number of carbonyl (C=O) groups is 1. The highest BCUT2D eigenvalue weighted by atomic mass is 19.1. The van der Waals surface area contributed by atoms with Gasteiger partial charge in [0.1, 0.15) is 17.1 Å². The molecule has 1 amide bonds. The van der Waals surface area contributed by atoms with Gasteiger partial charge in [-0.3, -0.25) is 4.79 Å². The van der Waals surface area contributed by atoms with Crippen LogP contribution < -0.4 is 15.7 Å². The van der Waals surface area contributed by atoms with Gasteiger partial charge in [-0.25, -0.2) is 9.18 Å². The smallest absolute Gasteiger partial charge is 0.339 e. The number of halogens is 1. The molecule has 1 aromatic heterocycles. The standard InChI is InChI=1S/C22H22FNO4/c1-13-17-8-10-19(27-3)14(2)21(17)28-22(26)18(13)9-11-20(25)24-12-15-4-6-16(23)7-5-15/h4-8,10H,9,11-12H2,1-3H3,(H,24,25). The Hall–Kier alpha value is -3.15. The molecule has 1 heterocycles. The van der Waals surface area contributed by atoms with Crippen molar-refractivity contribution in [3.05, 3.63) is 74.9 Å². The summed E-state index contributed by atoms with van der Waals surface area (Å²) in [6.07, 6.45) is 0.442. The predicted molar refractivity (Wildman–Crippen MR) is 105 cm³/mol. The first-order valence-electron chi connectivity index (χ1n) is 9.01. The van der Waals surface area contributed by atoms with Crippen LogP contribution in [-0.4, -0.2) is 13.0 Å². The van der Waals surface area contributed by atoms with Crippen LogP contribution in [-0.2, 0) is 17.8 Å². The second-order valence-corrected chi connectivity index (χ2v) is 6.67. The zero-order valence-electron chi connectivity index (χ0n) is 16.1. The Morgan fingerprint density at radius 3 is 2.50 bits per heavy atom. The summed E-state index contributed by atoms with van der Waals surface area (Å²) < 4.78 is 23.7. The minimum atomic E-state index is -0.437. The topological polar surface area (TPSA) is 68.5 Å². The van der Waals surface area contributed by atoms with Gasteiger partial charge in [0.25, 0.3) is 0 Å². The van der Waals surface area contributed by atoms with Crippen molar-refractivity contribution in [2.75, 3.05) is 7.11 Å². The lowest BCUT2D eigenvalue weighted by Crippen LogP contribution is -2.24. The van der Waals surface area contributed by atoms with E-state index in [-0.39, 0.29) is 24.6 Å². The van der Waals surface area contributed by atoms with E-state index in [9.17, 15) is 14.0 Å². The van der Waals surface area contributed by atoms with Crippen molar-refractivity contribution in [2.24, 2.45) is 0 Å². The Balaban J connectivity index is 1.72. The van der Waals surface area contributed by atoms with Gasteiger partial charge in [-0.05, 0) is 55.7 Å². The van der Waals surface area contributed by atoms with E-state index >= 15 is 0 Å². The van der Waals surface area contributed by atoms with E-state index in [2.05, 4.69) is 5.32 Å². The highest BCUT2D eigenvalue weighted by Crippen LogP contribution is 2.29. The SMILES string of the molecule is COc1ccc2c(C)c(CCC(=O)NCc3ccc(F)cc3)c(=O)oc2c1C. The average molecular weight is 383 g/mol. The van der Waals surface area contributed by atoms with Crippen LogP contribution in [0.2, 0.25) is 0 Å². The zero-order valence-corrected chi connectivity index (χ0v) is 16.1. The highest BCUT2D eigenvalue weighted by molar-refractivity contribution is 5.85. The number of ether oxygens (including phenoxy) is 1. The number of fused-ring (bicyclic) bond motifs is 1. The lowest BCUT2D eigenvalue weighted by Gasteiger charge is -2.11. The number of hydrogen-bond acceptors (Lipinski definition) is 4. The maximum Gasteiger partial charge on any atom is 0.339 e. The van der Waals surface area contributed by atoms with Gasteiger partial charge in [-0.1, -0.05) is 12.1 Å². The Morgan fingerprint density at radius 1 is 1.11 bits per heavy atom. The lowest BCUT2D eigenvalue weighted by atomic mass is 10.0. The zero-order chi connectivity index (χ0) is 20.3. The average Bonchev–Trinajstić information content (AvgIpc) is 2.68. The molecule has 0 bridgehead atoms. The molecule has 0 aliphatic carbocycles. The molecule has 0 saturated heterocycles.